The molecule has 1 atom stereocenters. The van der Waals surface area contributed by atoms with Crippen LogP contribution in [0.4, 0.5) is 0 Å². The maximum atomic E-state index is 12.3. The van der Waals surface area contributed by atoms with Crippen molar-refractivity contribution in [2.24, 2.45) is 5.92 Å². The molecule has 2 saturated heterocycles. The number of rotatable bonds is 7. The SMILES string of the molecule is CCC(C)N(C)C(=O)CN1CCN(CC2CCN(CC)CC2)CC1. The number of hydrogen-bond donors (Lipinski definition) is 0. The van der Waals surface area contributed by atoms with E-state index in [9.17, 15) is 4.79 Å². The zero-order valence-corrected chi connectivity index (χ0v) is 16.3. The van der Waals surface area contributed by atoms with Gasteiger partial charge in [0.05, 0.1) is 6.54 Å². The van der Waals surface area contributed by atoms with Crippen LogP contribution in [0.2, 0.25) is 0 Å². The van der Waals surface area contributed by atoms with Crippen molar-refractivity contribution < 1.29 is 4.79 Å². The van der Waals surface area contributed by atoms with E-state index in [2.05, 4.69) is 35.5 Å². The quantitative estimate of drug-likeness (QED) is 0.705. The second kappa shape index (κ2) is 9.73. The molecule has 2 rings (SSSR count). The molecule has 0 radical (unpaired) electrons. The van der Waals surface area contributed by atoms with Gasteiger partial charge in [-0.1, -0.05) is 13.8 Å². The smallest absolute Gasteiger partial charge is 0.236 e. The highest BCUT2D eigenvalue weighted by atomic mass is 16.2. The molecule has 140 valence electrons. The van der Waals surface area contributed by atoms with Crippen LogP contribution in [0.5, 0.6) is 0 Å². The first-order chi connectivity index (χ1) is 11.5. The topological polar surface area (TPSA) is 30.0 Å². The van der Waals surface area contributed by atoms with Crippen molar-refractivity contribution in [3.8, 4) is 0 Å². The molecule has 1 unspecified atom stereocenters. The van der Waals surface area contributed by atoms with Gasteiger partial charge in [0.2, 0.25) is 5.91 Å². The maximum absolute atomic E-state index is 12.3. The monoisotopic (exact) mass is 338 g/mol. The summed E-state index contributed by atoms with van der Waals surface area (Å²) in [4.78, 5) is 21.8. The summed E-state index contributed by atoms with van der Waals surface area (Å²) in [6.45, 7) is 16.4. The van der Waals surface area contributed by atoms with E-state index in [4.69, 9.17) is 0 Å². The van der Waals surface area contributed by atoms with Gasteiger partial charge >= 0.3 is 0 Å². The molecule has 5 nitrogen and oxygen atoms in total. The molecule has 0 aromatic heterocycles. The third kappa shape index (κ3) is 5.71. The number of carbonyl (C=O) groups excluding carboxylic acids is 1. The van der Waals surface area contributed by atoms with Gasteiger partial charge in [-0.05, 0) is 51.7 Å². The Balaban J connectivity index is 1.65. The van der Waals surface area contributed by atoms with Crippen molar-refractivity contribution in [3.63, 3.8) is 0 Å². The lowest BCUT2D eigenvalue weighted by Gasteiger charge is -2.39. The molecule has 24 heavy (non-hydrogen) atoms. The summed E-state index contributed by atoms with van der Waals surface area (Å²) in [7, 11) is 1.94. The Morgan fingerprint density at radius 1 is 1.00 bits per heavy atom. The number of carbonyl (C=O) groups is 1. The Morgan fingerprint density at radius 3 is 2.12 bits per heavy atom. The summed E-state index contributed by atoms with van der Waals surface area (Å²) in [6.07, 6.45) is 3.73. The van der Waals surface area contributed by atoms with Crippen LogP contribution in [0.15, 0.2) is 0 Å². The Morgan fingerprint density at radius 2 is 1.58 bits per heavy atom. The van der Waals surface area contributed by atoms with Crippen LogP contribution in [0.25, 0.3) is 0 Å². The van der Waals surface area contributed by atoms with E-state index in [-0.39, 0.29) is 5.91 Å². The van der Waals surface area contributed by atoms with Crippen LogP contribution < -0.4 is 0 Å². The van der Waals surface area contributed by atoms with Crippen molar-refractivity contribution in [3.05, 3.63) is 0 Å². The molecule has 1 amide bonds. The molecule has 0 spiro atoms. The van der Waals surface area contributed by atoms with Gasteiger partial charge in [-0.15, -0.1) is 0 Å². The third-order valence-corrected chi connectivity index (χ3v) is 6.14. The summed E-state index contributed by atoms with van der Waals surface area (Å²) in [5, 5.41) is 0. The molecule has 2 fully saturated rings. The van der Waals surface area contributed by atoms with Gasteiger partial charge in [-0.3, -0.25) is 9.69 Å². The van der Waals surface area contributed by atoms with Crippen molar-refractivity contribution in [2.45, 2.75) is 46.1 Å². The van der Waals surface area contributed by atoms with Crippen LogP contribution >= 0.6 is 0 Å². The maximum Gasteiger partial charge on any atom is 0.236 e. The zero-order chi connectivity index (χ0) is 17.5. The highest BCUT2D eigenvalue weighted by Crippen LogP contribution is 2.19. The van der Waals surface area contributed by atoms with Crippen LogP contribution in [0.3, 0.4) is 0 Å². The normalized spacial score (nSPS) is 23.3. The summed E-state index contributed by atoms with van der Waals surface area (Å²) in [5.41, 5.74) is 0. The van der Waals surface area contributed by atoms with Gasteiger partial charge in [0.15, 0.2) is 0 Å². The Kier molecular flexibility index (Phi) is 7.98. The van der Waals surface area contributed by atoms with Crippen LogP contribution in [0.1, 0.15) is 40.0 Å². The van der Waals surface area contributed by atoms with Crippen molar-refractivity contribution >= 4 is 5.91 Å². The average Bonchev–Trinajstić information content (AvgIpc) is 2.62. The Labute approximate surface area is 148 Å². The number of likely N-dealkylation sites (N-methyl/N-ethyl adjacent to an activating group) is 1. The molecule has 0 aromatic carbocycles. The number of piperazine rings is 1. The standard InChI is InChI=1S/C19H38N4O/c1-5-17(3)20(4)19(24)16-23-13-11-22(12-14-23)15-18-7-9-21(6-2)10-8-18/h17-18H,5-16H2,1-4H3. The van der Waals surface area contributed by atoms with Crippen molar-refractivity contribution in [1.82, 2.24) is 19.6 Å². The van der Waals surface area contributed by atoms with E-state index in [1.54, 1.807) is 0 Å². The van der Waals surface area contributed by atoms with Crippen LogP contribution in [-0.2, 0) is 4.79 Å². The lowest BCUT2D eigenvalue weighted by atomic mass is 9.96. The first kappa shape index (κ1) is 19.7. The number of nitrogens with zero attached hydrogens (tertiary/aromatic N) is 4. The number of likely N-dealkylation sites (tertiary alicyclic amines) is 1. The number of amides is 1. The van der Waals surface area contributed by atoms with Gasteiger partial charge in [-0.2, -0.15) is 0 Å². The first-order valence-corrected chi connectivity index (χ1v) is 9.96. The minimum Gasteiger partial charge on any atom is -0.342 e. The van der Waals surface area contributed by atoms with E-state index < -0.39 is 0 Å². The predicted molar refractivity (Wildman–Crippen MR) is 100 cm³/mol. The fraction of sp³-hybridized carbons (Fsp3) is 0.947. The molecule has 0 aliphatic carbocycles. The van der Waals surface area contributed by atoms with E-state index >= 15 is 0 Å². The van der Waals surface area contributed by atoms with Crippen LogP contribution in [0, 0.1) is 5.92 Å². The van der Waals surface area contributed by atoms with E-state index in [1.165, 1.54) is 39.0 Å². The lowest BCUT2D eigenvalue weighted by molar-refractivity contribution is -0.133. The fourth-order valence-electron chi connectivity index (χ4n) is 3.80. The minimum absolute atomic E-state index is 0.268. The average molecular weight is 339 g/mol. The molecule has 0 N–H and O–H groups in total. The van der Waals surface area contributed by atoms with Gasteiger partial charge < -0.3 is 14.7 Å². The Hall–Kier alpha value is -0.650. The molecular formula is C19H38N4O. The van der Waals surface area contributed by atoms with Gasteiger partial charge in [0.25, 0.3) is 0 Å². The number of piperidine rings is 1. The second-order valence-corrected chi connectivity index (χ2v) is 7.72. The van der Waals surface area contributed by atoms with E-state index in [1.807, 2.05) is 11.9 Å². The summed E-state index contributed by atoms with van der Waals surface area (Å²) < 4.78 is 0. The van der Waals surface area contributed by atoms with Gasteiger partial charge in [0, 0.05) is 45.8 Å². The summed E-state index contributed by atoms with van der Waals surface area (Å²) in [5.74, 6) is 1.14. The van der Waals surface area contributed by atoms with E-state index in [0.717, 1.165) is 38.5 Å². The highest BCUT2D eigenvalue weighted by Gasteiger charge is 2.25. The fourth-order valence-corrected chi connectivity index (χ4v) is 3.80. The molecule has 5 heteroatoms. The lowest BCUT2D eigenvalue weighted by Crippen LogP contribution is -2.51. The van der Waals surface area contributed by atoms with Gasteiger partial charge in [0.1, 0.15) is 0 Å². The highest BCUT2D eigenvalue weighted by molar-refractivity contribution is 5.78. The molecule has 2 heterocycles. The predicted octanol–water partition coefficient (Wildman–Crippen LogP) is 1.59. The second-order valence-electron chi connectivity index (χ2n) is 7.72. The molecule has 0 aromatic rings. The summed E-state index contributed by atoms with van der Waals surface area (Å²) in [6, 6.07) is 0.341. The van der Waals surface area contributed by atoms with Crippen LogP contribution in [-0.4, -0.2) is 97.5 Å². The Bertz CT molecular complexity index is 374. The van der Waals surface area contributed by atoms with Crippen molar-refractivity contribution in [1.29, 1.82) is 0 Å². The number of hydrogen-bond acceptors (Lipinski definition) is 4. The van der Waals surface area contributed by atoms with E-state index in [0.29, 0.717) is 12.6 Å². The van der Waals surface area contributed by atoms with Crippen molar-refractivity contribution in [2.75, 3.05) is 66.0 Å². The molecule has 0 saturated carbocycles. The summed E-state index contributed by atoms with van der Waals surface area (Å²) >= 11 is 0. The molecule has 2 aliphatic rings. The first-order valence-electron chi connectivity index (χ1n) is 9.96. The third-order valence-electron chi connectivity index (χ3n) is 6.14. The zero-order valence-electron chi connectivity index (χ0n) is 16.3. The molecular weight excluding hydrogens is 300 g/mol. The largest absolute Gasteiger partial charge is 0.342 e. The minimum atomic E-state index is 0.268. The molecule has 0 bridgehead atoms. The molecule has 2 aliphatic heterocycles. The van der Waals surface area contributed by atoms with Gasteiger partial charge in [-0.25, -0.2) is 0 Å².